The number of carbonyl (C=O) groups is 2. The molecule has 1 N–H and O–H groups in total. The van der Waals surface area contributed by atoms with E-state index in [1.807, 2.05) is 44.2 Å². The fourth-order valence-electron chi connectivity index (χ4n) is 2.23. The molecule has 2 aromatic rings. The van der Waals surface area contributed by atoms with Gasteiger partial charge in [-0.1, -0.05) is 52.3 Å². The van der Waals surface area contributed by atoms with Crippen molar-refractivity contribution in [3.05, 3.63) is 64.7 Å². The molecule has 1 amide bonds. The van der Waals surface area contributed by atoms with Crippen LogP contribution in [0.1, 0.15) is 27.0 Å². The van der Waals surface area contributed by atoms with E-state index in [-0.39, 0.29) is 17.0 Å². The van der Waals surface area contributed by atoms with E-state index in [1.165, 1.54) is 0 Å². The molecule has 4 heteroatoms. The van der Waals surface area contributed by atoms with Gasteiger partial charge in [-0.3, -0.25) is 9.59 Å². The molecule has 2 aromatic carbocycles. The van der Waals surface area contributed by atoms with Crippen LogP contribution in [0, 0.1) is 13.8 Å². The third-order valence-electron chi connectivity index (χ3n) is 3.15. The van der Waals surface area contributed by atoms with Gasteiger partial charge in [0.25, 0.3) is 0 Å². The van der Waals surface area contributed by atoms with Crippen LogP contribution in [0.5, 0.6) is 0 Å². The summed E-state index contributed by atoms with van der Waals surface area (Å²) in [5, 5.41) is 2.99. The van der Waals surface area contributed by atoms with Crippen LogP contribution in [0.15, 0.2) is 42.5 Å². The average Bonchev–Trinajstić information content (AvgIpc) is 2.49. The standard InChI is InChI=1S/C17H16BrNO2/c1-11-8-12(2)16(19-15(20)10-18)14(9-11)17(21)13-6-4-3-5-7-13/h3-9H,10H2,1-2H3,(H,19,20). The molecule has 0 spiro atoms. The highest BCUT2D eigenvalue weighted by molar-refractivity contribution is 9.09. The third kappa shape index (κ3) is 3.58. The predicted molar refractivity (Wildman–Crippen MR) is 88.2 cm³/mol. The van der Waals surface area contributed by atoms with E-state index in [0.717, 1.165) is 11.1 Å². The molecule has 0 saturated carbocycles. The molecule has 0 saturated heterocycles. The van der Waals surface area contributed by atoms with Crippen molar-refractivity contribution in [3.63, 3.8) is 0 Å². The van der Waals surface area contributed by atoms with Gasteiger partial charge >= 0.3 is 0 Å². The topological polar surface area (TPSA) is 46.2 Å². The van der Waals surface area contributed by atoms with E-state index in [9.17, 15) is 9.59 Å². The lowest BCUT2D eigenvalue weighted by molar-refractivity contribution is -0.113. The number of hydrogen-bond donors (Lipinski definition) is 1. The van der Waals surface area contributed by atoms with Crippen LogP contribution in [0.2, 0.25) is 0 Å². The number of hydrogen-bond acceptors (Lipinski definition) is 2. The lowest BCUT2D eigenvalue weighted by Gasteiger charge is -2.14. The van der Waals surface area contributed by atoms with E-state index in [2.05, 4.69) is 21.2 Å². The maximum absolute atomic E-state index is 12.7. The second-order valence-corrected chi connectivity index (χ2v) is 5.44. The Labute approximate surface area is 132 Å². The molecule has 0 fully saturated rings. The highest BCUT2D eigenvalue weighted by Crippen LogP contribution is 2.25. The van der Waals surface area contributed by atoms with Gasteiger partial charge in [0.1, 0.15) is 0 Å². The SMILES string of the molecule is Cc1cc(C)c(NC(=O)CBr)c(C(=O)c2ccccc2)c1. The van der Waals surface area contributed by atoms with E-state index >= 15 is 0 Å². The fourth-order valence-corrected chi connectivity index (χ4v) is 2.37. The number of benzene rings is 2. The molecule has 0 aliphatic heterocycles. The van der Waals surface area contributed by atoms with Gasteiger partial charge < -0.3 is 5.32 Å². The summed E-state index contributed by atoms with van der Waals surface area (Å²) >= 11 is 3.12. The number of carbonyl (C=O) groups excluding carboxylic acids is 2. The largest absolute Gasteiger partial charge is 0.324 e. The Bertz CT molecular complexity index is 681. The Morgan fingerprint density at radius 2 is 1.76 bits per heavy atom. The number of nitrogens with one attached hydrogen (secondary N) is 1. The number of aryl methyl sites for hydroxylation is 2. The van der Waals surface area contributed by atoms with Gasteiger partial charge in [-0.2, -0.15) is 0 Å². The summed E-state index contributed by atoms with van der Waals surface area (Å²) in [6.07, 6.45) is 0. The van der Waals surface area contributed by atoms with Crippen LogP contribution >= 0.6 is 15.9 Å². The van der Waals surface area contributed by atoms with E-state index in [4.69, 9.17) is 0 Å². The Hall–Kier alpha value is -1.94. The normalized spacial score (nSPS) is 10.2. The molecule has 108 valence electrons. The van der Waals surface area contributed by atoms with Gasteiger partial charge in [-0.15, -0.1) is 0 Å². The van der Waals surface area contributed by atoms with Crippen molar-refractivity contribution in [1.82, 2.24) is 0 Å². The van der Waals surface area contributed by atoms with Crippen molar-refractivity contribution in [2.24, 2.45) is 0 Å². The molecule has 0 bridgehead atoms. The first-order valence-electron chi connectivity index (χ1n) is 6.59. The van der Waals surface area contributed by atoms with Crippen molar-refractivity contribution in [3.8, 4) is 0 Å². The zero-order valence-corrected chi connectivity index (χ0v) is 13.5. The molecule has 0 heterocycles. The van der Waals surface area contributed by atoms with Gasteiger partial charge in [-0.05, 0) is 31.0 Å². The molecular formula is C17H16BrNO2. The van der Waals surface area contributed by atoms with Gasteiger partial charge in [0.2, 0.25) is 5.91 Å². The average molecular weight is 346 g/mol. The molecule has 0 unspecified atom stereocenters. The van der Waals surface area contributed by atoms with Crippen molar-refractivity contribution >= 4 is 33.3 Å². The first-order valence-corrected chi connectivity index (χ1v) is 7.72. The summed E-state index contributed by atoms with van der Waals surface area (Å²) in [5.41, 5.74) is 3.58. The number of rotatable bonds is 4. The summed E-state index contributed by atoms with van der Waals surface area (Å²) in [6, 6.07) is 12.8. The molecule has 21 heavy (non-hydrogen) atoms. The first kappa shape index (κ1) is 15.4. The van der Waals surface area contributed by atoms with Crippen molar-refractivity contribution in [2.45, 2.75) is 13.8 Å². The van der Waals surface area contributed by atoms with Crippen LogP contribution in [-0.4, -0.2) is 17.0 Å². The maximum Gasteiger partial charge on any atom is 0.235 e. The zero-order chi connectivity index (χ0) is 15.4. The van der Waals surface area contributed by atoms with Crippen molar-refractivity contribution in [1.29, 1.82) is 0 Å². The zero-order valence-electron chi connectivity index (χ0n) is 11.9. The Morgan fingerprint density at radius 3 is 2.38 bits per heavy atom. The Morgan fingerprint density at radius 1 is 1.10 bits per heavy atom. The third-order valence-corrected chi connectivity index (χ3v) is 3.66. The monoisotopic (exact) mass is 345 g/mol. The van der Waals surface area contributed by atoms with Gasteiger partial charge in [0.15, 0.2) is 5.78 Å². The van der Waals surface area contributed by atoms with Crippen molar-refractivity contribution in [2.75, 3.05) is 10.6 Å². The number of anilines is 1. The fraction of sp³-hybridized carbons (Fsp3) is 0.176. The van der Waals surface area contributed by atoms with E-state index < -0.39 is 0 Å². The van der Waals surface area contributed by atoms with Crippen LogP contribution in [0.3, 0.4) is 0 Å². The molecule has 0 aliphatic carbocycles. The highest BCUT2D eigenvalue weighted by atomic mass is 79.9. The van der Waals surface area contributed by atoms with Crippen LogP contribution in [0.4, 0.5) is 5.69 Å². The summed E-state index contributed by atoms with van der Waals surface area (Å²) in [5.74, 6) is -0.267. The summed E-state index contributed by atoms with van der Waals surface area (Å²) < 4.78 is 0. The maximum atomic E-state index is 12.7. The van der Waals surface area contributed by atoms with Crippen LogP contribution in [0.25, 0.3) is 0 Å². The second-order valence-electron chi connectivity index (χ2n) is 4.88. The molecule has 0 aromatic heterocycles. The Balaban J connectivity index is 2.51. The molecule has 0 atom stereocenters. The smallest absolute Gasteiger partial charge is 0.235 e. The second kappa shape index (κ2) is 6.68. The number of ketones is 1. The van der Waals surface area contributed by atoms with Gasteiger partial charge in [0.05, 0.1) is 11.0 Å². The van der Waals surface area contributed by atoms with Crippen LogP contribution < -0.4 is 5.32 Å². The quantitative estimate of drug-likeness (QED) is 0.675. The minimum Gasteiger partial charge on any atom is -0.324 e. The highest BCUT2D eigenvalue weighted by Gasteiger charge is 2.17. The molecule has 0 radical (unpaired) electrons. The summed E-state index contributed by atoms with van der Waals surface area (Å²) in [6.45, 7) is 3.82. The van der Waals surface area contributed by atoms with Crippen molar-refractivity contribution < 1.29 is 9.59 Å². The van der Waals surface area contributed by atoms with Gasteiger partial charge in [-0.25, -0.2) is 0 Å². The van der Waals surface area contributed by atoms with E-state index in [1.54, 1.807) is 12.1 Å². The minimum absolute atomic E-state index is 0.0905. The van der Waals surface area contributed by atoms with E-state index in [0.29, 0.717) is 16.8 Å². The molecule has 3 nitrogen and oxygen atoms in total. The summed E-state index contributed by atoms with van der Waals surface area (Å²) in [7, 11) is 0. The molecule has 0 aliphatic rings. The molecule has 2 rings (SSSR count). The lowest BCUT2D eigenvalue weighted by atomic mass is 9.97. The lowest BCUT2D eigenvalue weighted by Crippen LogP contribution is -2.17. The summed E-state index contributed by atoms with van der Waals surface area (Å²) in [4.78, 5) is 24.3. The number of amides is 1. The van der Waals surface area contributed by atoms with Gasteiger partial charge in [0, 0.05) is 11.1 Å². The van der Waals surface area contributed by atoms with Crippen LogP contribution in [-0.2, 0) is 4.79 Å². The Kier molecular flexibility index (Phi) is 4.91. The first-order chi connectivity index (χ1) is 10.0. The minimum atomic E-state index is -0.177. The predicted octanol–water partition coefficient (Wildman–Crippen LogP) is 3.87. The number of alkyl halides is 1. The number of halogens is 1. The molecular weight excluding hydrogens is 330 g/mol.